The molecule has 1 unspecified atom stereocenters. The van der Waals surface area contributed by atoms with Crippen molar-refractivity contribution >= 4 is 23.4 Å². The van der Waals surface area contributed by atoms with Crippen LogP contribution in [0, 0.1) is 24.0 Å². The third-order valence-corrected chi connectivity index (χ3v) is 5.03. The van der Waals surface area contributed by atoms with E-state index < -0.39 is 4.92 Å². The molecule has 1 aromatic carbocycles. The van der Waals surface area contributed by atoms with Crippen molar-refractivity contribution in [1.29, 1.82) is 0 Å². The van der Waals surface area contributed by atoms with Crippen LogP contribution in [0.2, 0.25) is 0 Å². The summed E-state index contributed by atoms with van der Waals surface area (Å²) in [6.45, 7) is 4.11. The molecular weight excluding hydrogens is 316 g/mol. The van der Waals surface area contributed by atoms with Crippen molar-refractivity contribution < 1.29 is 14.1 Å². The van der Waals surface area contributed by atoms with Gasteiger partial charge in [0.15, 0.2) is 0 Å². The molecule has 1 fully saturated rings. The van der Waals surface area contributed by atoms with Crippen molar-refractivity contribution in [2.45, 2.75) is 19.2 Å². The normalized spacial score (nSPS) is 17.5. The van der Waals surface area contributed by atoms with Gasteiger partial charge in [-0.05, 0) is 32.0 Å². The van der Waals surface area contributed by atoms with Gasteiger partial charge in [-0.1, -0.05) is 6.07 Å². The van der Waals surface area contributed by atoms with Gasteiger partial charge in [0.1, 0.15) is 16.9 Å². The van der Waals surface area contributed by atoms with E-state index in [4.69, 9.17) is 4.42 Å². The number of carbonyl (C=O) groups excluding carboxylic acids is 1. The molecule has 1 aliphatic rings. The molecule has 120 valence electrons. The first-order valence-electron chi connectivity index (χ1n) is 7.21. The number of nitro groups is 1. The number of nitrogens with zero attached hydrogens (tertiary/aromatic N) is 2. The van der Waals surface area contributed by atoms with Crippen LogP contribution in [-0.4, -0.2) is 28.0 Å². The Kier molecular flexibility index (Phi) is 4.12. The van der Waals surface area contributed by atoms with Crippen LogP contribution in [0.5, 0.6) is 0 Å². The predicted molar refractivity (Wildman–Crippen MR) is 87.5 cm³/mol. The van der Waals surface area contributed by atoms with E-state index >= 15 is 0 Å². The molecule has 1 aromatic heterocycles. The van der Waals surface area contributed by atoms with Gasteiger partial charge in [-0.3, -0.25) is 14.9 Å². The highest BCUT2D eigenvalue weighted by Crippen LogP contribution is 2.39. The fourth-order valence-electron chi connectivity index (χ4n) is 2.60. The fraction of sp³-hybridized carbons (Fsp3) is 0.312. The third-order valence-electron chi connectivity index (χ3n) is 3.81. The van der Waals surface area contributed by atoms with E-state index in [-0.39, 0.29) is 17.0 Å². The number of hydrogen-bond acceptors (Lipinski definition) is 5. The molecule has 0 bridgehead atoms. The zero-order valence-corrected chi connectivity index (χ0v) is 13.6. The maximum atomic E-state index is 12.8. The monoisotopic (exact) mass is 332 g/mol. The van der Waals surface area contributed by atoms with Crippen LogP contribution in [0.4, 0.5) is 5.69 Å². The number of rotatable bonds is 3. The predicted octanol–water partition coefficient (Wildman–Crippen LogP) is 3.69. The average Bonchev–Trinajstić information content (AvgIpc) is 3.15. The van der Waals surface area contributed by atoms with E-state index in [9.17, 15) is 14.9 Å². The average molecular weight is 332 g/mol. The van der Waals surface area contributed by atoms with Gasteiger partial charge >= 0.3 is 0 Å². The summed E-state index contributed by atoms with van der Waals surface area (Å²) in [5.41, 5.74) is 0.840. The lowest BCUT2D eigenvalue weighted by atomic mass is 10.1. The summed E-state index contributed by atoms with van der Waals surface area (Å²) < 4.78 is 5.64. The lowest BCUT2D eigenvalue weighted by Gasteiger charge is -2.22. The maximum Gasteiger partial charge on any atom is 0.273 e. The minimum Gasteiger partial charge on any atom is -0.463 e. The summed E-state index contributed by atoms with van der Waals surface area (Å²) in [6.07, 6.45) is 0. The first-order chi connectivity index (χ1) is 11.0. The van der Waals surface area contributed by atoms with Gasteiger partial charge in [0.25, 0.3) is 11.6 Å². The highest BCUT2D eigenvalue weighted by Gasteiger charge is 2.33. The second-order valence-electron chi connectivity index (χ2n) is 5.43. The smallest absolute Gasteiger partial charge is 0.273 e. The molecule has 1 amide bonds. The van der Waals surface area contributed by atoms with Gasteiger partial charge < -0.3 is 9.32 Å². The summed E-state index contributed by atoms with van der Waals surface area (Å²) in [4.78, 5) is 25.1. The van der Waals surface area contributed by atoms with Gasteiger partial charge in [0, 0.05) is 29.5 Å². The van der Waals surface area contributed by atoms with Gasteiger partial charge in [-0.2, -0.15) is 0 Å². The molecule has 1 aliphatic heterocycles. The van der Waals surface area contributed by atoms with Crippen LogP contribution >= 0.6 is 11.8 Å². The van der Waals surface area contributed by atoms with Crippen molar-refractivity contribution in [2.24, 2.45) is 0 Å². The van der Waals surface area contributed by atoms with E-state index in [0.717, 1.165) is 17.3 Å². The molecule has 0 aliphatic carbocycles. The van der Waals surface area contributed by atoms with Crippen molar-refractivity contribution in [3.05, 3.63) is 63.1 Å². The number of benzene rings is 1. The minimum atomic E-state index is -0.460. The molecule has 1 saturated heterocycles. The highest BCUT2D eigenvalue weighted by molar-refractivity contribution is 7.99. The molecule has 0 N–H and O–H groups in total. The number of furan rings is 1. The van der Waals surface area contributed by atoms with Gasteiger partial charge in [0.2, 0.25) is 0 Å². The molecule has 0 saturated carbocycles. The molecular formula is C16H16N2O4S. The first-order valence-corrected chi connectivity index (χ1v) is 8.26. The molecule has 3 rings (SSSR count). The largest absolute Gasteiger partial charge is 0.463 e. The zero-order valence-electron chi connectivity index (χ0n) is 12.8. The fourth-order valence-corrected chi connectivity index (χ4v) is 3.80. The lowest BCUT2D eigenvalue weighted by Crippen LogP contribution is -2.30. The molecule has 7 heteroatoms. The van der Waals surface area contributed by atoms with Crippen LogP contribution in [0.25, 0.3) is 0 Å². The molecule has 1 atom stereocenters. The summed E-state index contributed by atoms with van der Waals surface area (Å²) in [6, 6.07) is 8.34. The second kappa shape index (κ2) is 6.08. The molecule has 6 nitrogen and oxygen atoms in total. The van der Waals surface area contributed by atoms with Crippen molar-refractivity contribution in [3.63, 3.8) is 0 Å². The Hall–Kier alpha value is -2.28. The quantitative estimate of drug-likeness (QED) is 0.633. The van der Waals surface area contributed by atoms with Crippen LogP contribution in [-0.2, 0) is 0 Å². The summed E-state index contributed by atoms with van der Waals surface area (Å²) in [5, 5.41) is 10.9. The summed E-state index contributed by atoms with van der Waals surface area (Å²) in [5.74, 6) is 2.13. The summed E-state index contributed by atoms with van der Waals surface area (Å²) in [7, 11) is 0. The van der Waals surface area contributed by atoms with Gasteiger partial charge in [0.05, 0.1) is 4.92 Å². The Morgan fingerprint density at radius 1 is 1.35 bits per heavy atom. The van der Waals surface area contributed by atoms with E-state index in [2.05, 4.69) is 0 Å². The third kappa shape index (κ3) is 2.96. The standard InChI is InChI=1S/C16H16N2O4S/c1-10-3-5-12(9-13(10)18(20)21)15(19)17-7-8-23-16(17)14-6-4-11(2)22-14/h3-6,9,16H,7-8H2,1-2H3. The molecule has 0 radical (unpaired) electrons. The minimum absolute atomic E-state index is 0.0342. The highest BCUT2D eigenvalue weighted by atomic mass is 32.2. The number of hydrogen-bond donors (Lipinski definition) is 0. The molecule has 2 heterocycles. The van der Waals surface area contributed by atoms with Crippen LogP contribution in [0.3, 0.4) is 0 Å². The number of thioether (sulfide) groups is 1. The topological polar surface area (TPSA) is 76.6 Å². The zero-order chi connectivity index (χ0) is 16.6. The van der Waals surface area contributed by atoms with E-state index in [1.54, 1.807) is 35.7 Å². The number of carbonyl (C=O) groups is 1. The van der Waals surface area contributed by atoms with E-state index in [0.29, 0.717) is 17.7 Å². The Morgan fingerprint density at radius 2 is 2.13 bits per heavy atom. The Morgan fingerprint density at radius 3 is 2.78 bits per heavy atom. The number of aryl methyl sites for hydroxylation is 2. The molecule has 0 spiro atoms. The Bertz CT molecular complexity index is 771. The summed E-state index contributed by atoms with van der Waals surface area (Å²) >= 11 is 1.63. The van der Waals surface area contributed by atoms with Crippen LogP contribution in [0.15, 0.2) is 34.7 Å². The lowest BCUT2D eigenvalue weighted by molar-refractivity contribution is -0.385. The molecule has 23 heavy (non-hydrogen) atoms. The van der Waals surface area contributed by atoms with Crippen molar-refractivity contribution in [1.82, 2.24) is 4.90 Å². The van der Waals surface area contributed by atoms with Gasteiger partial charge in [-0.25, -0.2) is 0 Å². The van der Waals surface area contributed by atoms with Gasteiger partial charge in [-0.15, -0.1) is 11.8 Å². The SMILES string of the molecule is Cc1ccc(C2SCCN2C(=O)c2ccc(C)c([N+](=O)[O-])c2)o1. The maximum absolute atomic E-state index is 12.8. The van der Waals surface area contributed by atoms with Crippen LogP contribution in [0.1, 0.15) is 32.8 Å². The Labute approximate surface area is 137 Å². The first kappa shape index (κ1) is 15.6. The van der Waals surface area contributed by atoms with E-state index in [1.807, 2.05) is 19.1 Å². The number of nitro benzene ring substituents is 1. The number of amides is 1. The molecule has 2 aromatic rings. The second-order valence-corrected chi connectivity index (χ2v) is 6.62. The van der Waals surface area contributed by atoms with Crippen molar-refractivity contribution in [3.8, 4) is 0 Å². The van der Waals surface area contributed by atoms with Crippen LogP contribution < -0.4 is 0 Å². The van der Waals surface area contributed by atoms with Crippen molar-refractivity contribution in [2.75, 3.05) is 12.3 Å². The van der Waals surface area contributed by atoms with E-state index in [1.165, 1.54) is 6.07 Å². The Balaban J connectivity index is 1.90.